The van der Waals surface area contributed by atoms with Gasteiger partial charge in [0.1, 0.15) is 5.01 Å². The Kier molecular flexibility index (Phi) is 5.72. The molecule has 6 heteroatoms. The second kappa shape index (κ2) is 7.31. The normalized spacial score (nSPS) is 23.1. The van der Waals surface area contributed by atoms with E-state index in [2.05, 4.69) is 53.1 Å². The van der Waals surface area contributed by atoms with Gasteiger partial charge in [-0.25, -0.2) is 9.98 Å². The summed E-state index contributed by atoms with van der Waals surface area (Å²) in [5.74, 6) is 2.18. The van der Waals surface area contributed by atoms with Crippen LogP contribution in [0.25, 0.3) is 0 Å². The quantitative estimate of drug-likeness (QED) is 0.648. The molecule has 2 N–H and O–H groups in total. The number of aryl methyl sites for hydroxylation is 1. The first-order valence-electron chi connectivity index (χ1n) is 7.19. The van der Waals surface area contributed by atoms with E-state index in [4.69, 9.17) is 0 Å². The van der Waals surface area contributed by atoms with Crippen molar-refractivity contribution in [2.45, 2.75) is 44.9 Å². The zero-order valence-corrected chi connectivity index (χ0v) is 14.2. The van der Waals surface area contributed by atoms with Crippen molar-refractivity contribution >= 4 is 29.1 Å². The summed E-state index contributed by atoms with van der Waals surface area (Å²) in [7, 11) is 0. The van der Waals surface area contributed by atoms with Crippen LogP contribution in [0.2, 0.25) is 0 Å². The molecular weight excluding hydrogens is 288 g/mol. The average Bonchev–Trinajstić information content (AvgIpc) is 3.03. The molecule has 0 amide bonds. The largest absolute Gasteiger partial charge is 0.357 e. The van der Waals surface area contributed by atoms with E-state index in [1.165, 1.54) is 23.5 Å². The maximum absolute atomic E-state index is 4.62. The monoisotopic (exact) mass is 312 g/mol. The molecule has 1 fully saturated rings. The highest BCUT2D eigenvalue weighted by Crippen LogP contribution is 2.36. The van der Waals surface area contributed by atoms with Crippen LogP contribution >= 0.6 is 23.1 Å². The Balaban J connectivity index is 1.88. The van der Waals surface area contributed by atoms with Gasteiger partial charge in [-0.15, -0.1) is 11.3 Å². The van der Waals surface area contributed by atoms with Gasteiger partial charge in [0.05, 0.1) is 6.54 Å². The number of nitrogens with one attached hydrogen (secondary N) is 2. The van der Waals surface area contributed by atoms with E-state index in [0.717, 1.165) is 24.1 Å². The lowest BCUT2D eigenvalue weighted by Crippen LogP contribution is -2.43. The molecule has 112 valence electrons. The Morgan fingerprint density at radius 1 is 1.50 bits per heavy atom. The summed E-state index contributed by atoms with van der Waals surface area (Å²) in [6, 6.07) is 0. The average molecular weight is 313 g/mol. The molecule has 1 atom stereocenters. The molecule has 2 rings (SSSR count). The van der Waals surface area contributed by atoms with Crippen molar-refractivity contribution in [1.29, 1.82) is 0 Å². The second-order valence-electron chi connectivity index (χ2n) is 5.32. The third-order valence-corrected chi connectivity index (χ3v) is 5.75. The molecule has 0 bridgehead atoms. The lowest BCUT2D eigenvalue weighted by Gasteiger charge is -2.24. The van der Waals surface area contributed by atoms with Gasteiger partial charge in [-0.3, -0.25) is 0 Å². The van der Waals surface area contributed by atoms with E-state index >= 15 is 0 Å². The fourth-order valence-corrected chi connectivity index (χ4v) is 4.17. The summed E-state index contributed by atoms with van der Waals surface area (Å²) in [4.78, 5) is 10.2. The fraction of sp³-hybridized carbons (Fsp3) is 0.714. The van der Waals surface area contributed by atoms with Gasteiger partial charge in [-0.1, -0.05) is 0 Å². The molecule has 1 aromatic heterocycles. The summed E-state index contributed by atoms with van der Waals surface area (Å²) >= 11 is 3.78. The van der Waals surface area contributed by atoms with Crippen LogP contribution in [-0.2, 0) is 6.54 Å². The topological polar surface area (TPSA) is 49.3 Å². The molecule has 0 aliphatic carbocycles. The van der Waals surface area contributed by atoms with E-state index in [9.17, 15) is 0 Å². The van der Waals surface area contributed by atoms with E-state index < -0.39 is 0 Å². The van der Waals surface area contributed by atoms with Gasteiger partial charge in [0.2, 0.25) is 0 Å². The maximum atomic E-state index is 4.62. The van der Waals surface area contributed by atoms with Gasteiger partial charge >= 0.3 is 0 Å². The van der Waals surface area contributed by atoms with E-state index in [0.29, 0.717) is 11.3 Å². The van der Waals surface area contributed by atoms with Crippen LogP contribution in [-0.4, -0.2) is 34.5 Å². The maximum Gasteiger partial charge on any atom is 0.191 e. The standard InChI is InChI=1S/C14H24N4S2/c1-4-15-13(17-9-12-16-8-11(2)20-12)18-10-14(3)6-5-7-19-14/h8H,4-7,9-10H2,1-3H3,(H2,15,17,18). The number of nitrogens with zero attached hydrogens (tertiary/aromatic N) is 2. The minimum atomic E-state index is 0.355. The van der Waals surface area contributed by atoms with Crippen molar-refractivity contribution < 1.29 is 0 Å². The molecule has 1 aromatic rings. The van der Waals surface area contributed by atoms with Crippen molar-refractivity contribution in [3.63, 3.8) is 0 Å². The van der Waals surface area contributed by atoms with Crippen molar-refractivity contribution in [2.75, 3.05) is 18.8 Å². The number of aliphatic imine (C=N–C) groups is 1. The molecule has 0 spiro atoms. The van der Waals surface area contributed by atoms with E-state index in [-0.39, 0.29) is 0 Å². The number of thioether (sulfide) groups is 1. The molecule has 20 heavy (non-hydrogen) atoms. The molecule has 0 saturated carbocycles. The Bertz CT molecular complexity index is 450. The highest BCUT2D eigenvalue weighted by molar-refractivity contribution is 8.00. The second-order valence-corrected chi connectivity index (χ2v) is 8.32. The molecule has 0 radical (unpaired) electrons. The highest BCUT2D eigenvalue weighted by Gasteiger charge is 2.29. The highest BCUT2D eigenvalue weighted by atomic mass is 32.2. The van der Waals surface area contributed by atoms with Gasteiger partial charge in [0.25, 0.3) is 0 Å². The first-order chi connectivity index (χ1) is 9.61. The lowest BCUT2D eigenvalue weighted by atomic mass is 10.1. The van der Waals surface area contributed by atoms with Gasteiger partial charge in [-0.05, 0) is 39.4 Å². The minimum Gasteiger partial charge on any atom is -0.357 e. The van der Waals surface area contributed by atoms with Crippen LogP contribution in [0.1, 0.15) is 36.6 Å². The van der Waals surface area contributed by atoms with E-state index in [1.54, 1.807) is 11.3 Å². The lowest BCUT2D eigenvalue weighted by molar-refractivity contribution is 0.584. The minimum absolute atomic E-state index is 0.355. The zero-order valence-electron chi connectivity index (χ0n) is 12.5. The van der Waals surface area contributed by atoms with Crippen LogP contribution in [0.5, 0.6) is 0 Å². The molecule has 1 aliphatic rings. The fourth-order valence-electron chi connectivity index (χ4n) is 2.21. The molecule has 0 aromatic carbocycles. The van der Waals surface area contributed by atoms with Crippen LogP contribution in [0.3, 0.4) is 0 Å². The van der Waals surface area contributed by atoms with Gasteiger partial charge in [0.15, 0.2) is 5.96 Å². The van der Waals surface area contributed by atoms with Crippen molar-refractivity contribution in [3.05, 3.63) is 16.1 Å². The van der Waals surface area contributed by atoms with Crippen molar-refractivity contribution in [3.8, 4) is 0 Å². The van der Waals surface area contributed by atoms with Crippen molar-refractivity contribution in [2.24, 2.45) is 4.99 Å². The van der Waals surface area contributed by atoms with Gasteiger partial charge < -0.3 is 10.6 Å². The molecule has 1 saturated heterocycles. The smallest absolute Gasteiger partial charge is 0.191 e. The number of thiazole rings is 1. The zero-order chi connectivity index (χ0) is 14.4. The van der Waals surface area contributed by atoms with Crippen LogP contribution in [0.15, 0.2) is 11.2 Å². The summed E-state index contributed by atoms with van der Waals surface area (Å²) in [5, 5.41) is 7.85. The molecular formula is C14H24N4S2. The van der Waals surface area contributed by atoms with Crippen LogP contribution < -0.4 is 10.6 Å². The first-order valence-corrected chi connectivity index (χ1v) is 8.99. The van der Waals surface area contributed by atoms with E-state index in [1.807, 2.05) is 6.20 Å². The number of rotatable bonds is 5. The van der Waals surface area contributed by atoms with Crippen LogP contribution in [0, 0.1) is 6.92 Å². The first kappa shape index (κ1) is 15.6. The Morgan fingerprint density at radius 3 is 2.95 bits per heavy atom. The molecule has 4 nitrogen and oxygen atoms in total. The predicted octanol–water partition coefficient (Wildman–Crippen LogP) is 2.79. The summed E-state index contributed by atoms with van der Waals surface area (Å²) in [6.07, 6.45) is 4.52. The molecule has 1 unspecified atom stereocenters. The number of aromatic nitrogens is 1. The molecule has 1 aliphatic heterocycles. The number of hydrogen-bond donors (Lipinski definition) is 2. The Hall–Kier alpha value is -0.750. The van der Waals surface area contributed by atoms with Crippen LogP contribution in [0.4, 0.5) is 0 Å². The third kappa shape index (κ3) is 4.66. The van der Waals surface area contributed by atoms with Gasteiger partial charge in [-0.2, -0.15) is 11.8 Å². The summed E-state index contributed by atoms with van der Waals surface area (Å²) in [6.45, 7) is 9.01. The molecule has 2 heterocycles. The SMILES string of the molecule is CCNC(=NCc1ncc(C)s1)NCC1(C)CCCS1. The van der Waals surface area contributed by atoms with Gasteiger partial charge in [0, 0.05) is 28.9 Å². The summed E-state index contributed by atoms with van der Waals surface area (Å²) in [5.41, 5.74) is 0. The number of guanidine groups is 1. The van der Waals surface area contributed by atoms with Crippen molar-refractivity contribution in [1.82, 2.24) is 15.6 Å². The number of hydrogen-bond acceptors (Lipinski definition) is 4. The Morgan fingerprint density at radius 2 is 2.35 bits per heavy atom. The third-order valence-electron chi connectivity index (χ3n) is 3.32. The Labute approximate surface area is 129 Å². The predicted molar refractivity (Wildman–Crippen MR) is 89.8 cm³/mol. The summed E-state index contributed by atoms with van der Waals surface area (Å²) < 4.78 is 0.355.